The van der Waals surface area contributed by atoms with Crippen LogP contribution in [0.15, 0.2) is 42.5 Å². The third-order valence-electron chi connectivity index (χ3n) is 5.05. The molecule has 5 heteroatoms. The van der Waals surface area contributed by atoms with Gasteiger partial charge in [-0.1, -0.05) is 37.6 Å². The summed E-state index contributed by atoms with van der Waals surface area (Å²) in [6.45, 7) is 6.27. The summed E-state index contributed by atoms with van der Waals surface area (Å²) < 4.78 is 6.27. The van der Waals surface area contributed by atoms with Gasteiger partial charge in [-0.05, 0) is 48.7 Å². The molecule has 25 heavy (non-hydrogen) atoms. The van der Waals surface area contributed by atoms with E-state index >= 15 is 0 Å². The van der Waals surface area contributed by atoms with E-state index < -0.39 is 5.72 Å². The fraction of sp³-hybridized carbons (Fsp3) is 0.350. The average molecular weight is 357 g/mol. The number of halogens is 1. The van der Waals surface area contributed by atoms with Gasteiger partial charge in [-0.2, -0.15) is 0 Å². The number of benzene rings is 2. The third-order valence-corrected chi connectivity index (χ3v) is 5.29. The monoisotopic (exact) mass is 356 g/mol. The number of nitrogens with zero attached hydrogens (tertiary/aromatic N) is 1. The number of urea groups is 1. The second-order valence-corrected chi connectivity index (χ2v) is 7.68. The molecule has 2 aromatic carbocycles. The molecule has 0 aliphatic carbocycles. The van der Waals surface area contributed by atoms with E-state index in [1.165, 1.54) is 5.56 Å². The molecule has 2 amide bonds. The minimum Gasteiger partial charge on any atom is -0.467 e. The van der Waals surface area contributed by atoms with Crippen molar-refractivity contribution in [2.75, 3.05) is 4.90 Å². The minimum atomic E-state index is -0.729. The zero-order valence-corrected chi connectivity index (χ0v) is 15.3. The second kappa shape index (κ2) is 5.67. The van der Waals surface area contributed by atoms with Crippen LogP contribution in [0.2, 0.25) is 5.02 Å². The molecule has 2 aromatic rings. The van der Waals surface area contributed by atoms with E-state index in [-0.39, 0.29) is 12.1 Å². The number of amides is 2. The lowest BCUT2D eigenvalue weighted by atomic mass is 9.90. The summed E-state index contributed by atoms with van der Waals surface area (Å²) in [6.07, 6.45) is 0.665. The summed E-state index contributed by atoms with van der Waals surface area (Å²) in [5, 5.41) is 3.74. The highest BCUT2D eigenvalue weighted by atomic mass is 35.5. The summed E-state index contributed by atoms with van der Waals surface area (Å²) in [5.74, 6) is 1.22. The van der Waals surface area contributed by atoms with Crippen LogP contribution in [-0.2, 0) is 0 Å². The highest BCUT2D eigenvalue weighted by molar-refractivity contribution is 6.30. The number of hydrogen-bond acceptors (Lipinski definition) is 2. The van der Waals surface area contributed by atoms with Crippen LogP contribution in [0.4, 0.5) is 10.5 Å². The second-order valence-electron chi connectivity index (χ2n) is 7.25. The molecule has 2 aliphatic rings. The Hall–Kier alpha value is -2.20. The quantitative estimate of drug-likeness (QED) is 0.800. The van der Waals surface area contributed by atoms with Crippen molar-refractivity contribution >= 4 is 23.3 Å². The van der Waals surface area contributed by atoms with Crippen LogP contribution < -0.4 is 15.0 Å². The number of fused-ring (bicyclic) bond motifs is 4. The molecule has 0 spiro atoms. The highest BCUT2D eigenvalue weighted by Gasteiger charge is 2.49. The van der Waals surface area contributed by atoms with Gasteiger partial charge in [0.1, 0.15) is 5.75 Å². The summed E-state index contributed by atoms with van der Waals surface area (Å²) >= 11 is 6.11. The standard InChI is InChI=1S/C20H21ClN2O2/c1-12(2)13-4-7-15(8-5-13)23-19(24)22-17-11-20(23,3)25-18-9-6-14(21)10-16(17)18/h4-10,12,17H,11H2,1-3H3,(H,22,24)/t17-,20-/m1/s1. The molecule has 4 rings (SSSR count). The maximum atomic E-state index is 12.8. The number of ether oxygens (including phenoxy) is 1. The zero-order chi connectivity index (χ0) is 17.8. The lowest BCUT2D eigenvalue weighted by Gasteiger charge is -2.50. The molecule has 2 heterocycles. The fourth-order valence-electron chi connectivity index (χ4n) is 3.74. The first-order chi connectivity index (χ1) is 11.9. The molecule has 0 unspecified atom stereocenters. The molecule has 130 valence electrons. The van der Waals surface area contributed by atoms with Gasteiger partial charge in [-0.15, -0.1) is 0 Å². The van der Waals surface area contributed by atoms with Gasteiger partial charge in [-0.3, -0.25) is 4.90 Å². The van der Waals surface area contributed by atoms with Crippen LogP contribution in [-0.4, -0.2) is 11.8 Å². The van der Waals surface area contributed by atoms with Crippen molar-refractivity contribution < 1.29 is 9.53 Å². The van der Waals surface area contributed by atoms with Crippen molar-refractivity contribution in [3.63, 3.8) is 0 Å². The SMILES string of the molecule is CC(C)c1ccc(N2C(=O)N[C@@H]3C[C@@]2(C)Oc2ccc(Cl)cc23)cc1. The molecule has 2 bridgehead atoms. The van der Waals surface area contributed by atoms with E-state index in [0.29, 0.717) is 17.4 Å². The van der Waals surface area contributed by atoms with Gasteiger partial charge >= 0.3 is 6.03 Å². The Balaban J connectivity index is 1.73. The first kappa shape index (κ1) is 16.3. The van der Waals surface area contributed by atoms with Crippen molar-refractivity contribution in [2.45, 2.75) is 44.9 Å². The summed E-state index contributed by atoms with van der Waals surface area (Å²) in [6, 6.07) is 13.4. The Morgan fingerprint density at radius 1 is 1.24 bits per heavy atom. The Kier molecular flexibility index (Phi) is 3.69. The Morgan fingerprint density at radius 2 is 1.96 bits per heavy atom. The third kappa shape index (κ3) is 2.65. The summed E-state index contributed by atoms with van der Waals surface area (Å²) in [7, 11) is 0. The van der Waals surface area contributed by atoms with Crippen LogP contribution in [0.25, 0.3) is 0 Å². The first-order valence-corrected chi connectivity index (χ1v) is 8.94. The van der Waals surface area contributed by atoms with Gasteiger partial charge < -0.3 is 10.1 Å². The van der Waals surface area contributed by atoms with Crippen molar-refractivity contribution in [1.82, 2.24) is 5.32 Å². The lowest BCUT2D eigenvalue weighted by Crippen LogP contribution is -2.65. The van der Waals surface area contributed by atoms with Crippen molar-refractivity contribution in [3.05, 3.63) is 58.6 Å². The number of rotatable bonds is 2. The van der Waals surface area contributed by atoms with Gasteiger partial charge in [0.2, 0.25) is 0 Å². The lowest BCUT2D eigenvalue weighted by molar-refractivity contribution is 0.0379. The minimum absolute atomic E-state index is 0.0915. The molecule has 1 fully saturated rings. The van der Waals surface area contributed by atoms with Crippen LogP contribution in [0.1, 0.15) is 50.3 Å². The van der Waals surface area contributed by atoms with Gasteiger partial charge in [-0.25, -0.2) is 4.79 Å². The van der Waals surface area contributed by atoms with Crippen LogP contribution in [0.3, 0.4) is 0 Å². The van der Waals surface area contributed by atoms with E-state index in [4.69, 9.17) is 16.3 Å². The van der Waals surface area contributed by atoms with Crippen LogP contribution in [0.5, 0.6) is 5.75 Å². The molecule has 4 nitrogen and oxygen atoms in total. The predicted molar refractivity (Wildman–Crippen MR) is 99.4 cm³/mol. The number of anilines is 1. The van der Waals surface area contributed by atoms with E-state index in [9.17, 15) is 4.79 Å². The van der Waals surface area contributed by atoms with Crippen LogP contribution >= 0.6 is 11.6 Å². The molecular weight excluding hydrogens is 336 g/mol. The van der Waals surface area contributed by atoms with E-state index in [1.807, 2.05) is 37.3 Å². The number of carbonyl (C=O) groups is 1. The molecule has 0 aromatic heterocycles. The molecule has 0 saturated carbocycles. The van der Waals surface area contributed by atoms with Gasteiger partial charge in [0, 0.05) is 22.7 Å². The Morgan fingerprint density at radius 3 is 2.64 bits per heavy atom. The molecule has 0 radical (unpaired) electrons. The summed E-state index contributed by atoms with van der Waals surface area (Å²) in [5.41, 5.74) is 2.29. The van der Waals surface area contributed by atoms with Gasteiger partial charge in [0.05, 0.1) is 6.04 Å². The first-order valence-electron chi connectivity index (χ1n) is 8.56. The molecule has 2 aliphatic heterocycles. The van der Waals surface area contributed by atoms with E-state index in [2.05, 4.69) is 31.3 Å². The molecule has 1 N–H and O–H groups in total. The number of carbonyl (C=O) groups excluding carboxylic acids is 1. The Bertz CT molecular complexity index is 834. The van der Waals surface area contributed by atoms with Crippen LogP contribution in [0, 0.1) is 0 Å². The predicted octanol–water partition coefficient (Wildman–Crippen LogP) is 5.23. The molecule has 1 saturated heterocycles. The smallest absolute Gasteiger partial charge is 0.325 e. The maximum absolute atomic E-state index is 12.8. The van der Waals surface area contributed by atoms with Gasteiger partial charge in [0.15, 0.2) is 5.72 Å². The maximum Gasteiger partial charge on any atom is 0.325 e. The highest BCUT2D eigenvalue weighted by Crippen LogP contribution is 2.46. The Labute approximate surface area is 152 Å². The van der Waals surface area contributed by atoms with Gasteiger partial charge in [0.25, 0.3) is 0 Å². The zero-order valence-electron chi connectivity index (χ0n) is 14.5. The largest absolute Gasteiger partial charge is 0.467 e. The van der Waals surface area contributed by atoms with E-state index in [0.717, 1.165) is 17.0 Å². The van der Waals surface area contributed by atoms with E-state index in [1.54, 1.807) is 4.90 Å². The fourth-order valence-corrected chi connectivity index (χ4v) is 3.93. The van der Waals surface area contributed by atoms with Crippen molar-refractivity contribution in [3.8, 4) is 5.75 Å². The normalized spacial score (nSPS) is 24.6. The number of hydrogen-bond donors (Lipinski definition) is 1. The molecule has 2 atom stereocenters. The average Bonchev–Trinajstić information content (AvgIpc) is 2.55. The topological polar surface area (TPSA) is 41.6 Å². The van der Waals surface area contributed by atoms with Crippen molar-refractivity contribution in [1.29, 1.82) is 0 Å². The summed E-state index contributed by atoms with van der Waals surface area (Å²) in [4.78, 5) is 14.5. The number of nitrogens with one attached hydrogen (secondary N) is 1. The molecular formula is C20H21ClN2O2. The van der Waals surface area contributed by atoms with Crippen molar-refractivity contribution in [2.24, 2.45) is 0 Å².